The van der Waals surface area contributed by atoms with Crippen molar-refractivity contribution >= 4 is 104 Å². The van der Waals surface area contributed by atoms with Crippen LogP contribution in [-0.2, 0) is 0 Å². The highest BCUT2D eigenvalue weighted by molar-refractivity contribution is 6.28. The predicted octanol–water partition coefficient (Wildman–Crippen LogP) is 34.8. The fourth-order valence-corrected chi connectivity index (χ4v) is 20.8. The largest absolute Gasteiger partial charge is 0.309 e. The first-order valence-electron chi connectivity index (χ1n) is 49.2. The van der Waals surface area contributed by atoms with Crippen molar-refractivity contribution in [2.45, 2.75) is 0 Å². The maximum absolute atomic E-state index is 5.01. The molecule has 0 fully saturated rings. The van der Waals surface area contributed by atoms with Crippen molar-refractivity contribution in [3.8, 4) is 164 Å². The van der Waals surface area contributed by atoms with Crippen LogP contribution < -0.4 is 4.90 Å². The molecule has 0 aliphatic carbocycles. The quantitative estimate of drug-likeness (QED) is 0.0972. The molecular weight excluding hydrogens is 1780 g/mol. The van der Waals surface area contributed by atoms with Gasteiger partial charge < -0.3 is 9.47 Å². The molecule has 4 aromatic heterocycles. The molecule has 11 nitrogen and oxygen atoms in total. The van der Waals surface area contributed by atoms with Gasteiger partial charge in [-0.15, -0.1) is 0 Å². The molecule has 27 aromatic rings. The van der Waals surface area contributed by atoms with E-state index in [1.165, 1.54) is 114 Å². The molecule has 23 aromatic carbocycles. The Morgan fingerprint density at radius 1 is 0.116 bits per heavy atom. The van der Waals surface area contributed by atoms with Crippen molar-refractivity contribution in [1.29, 1.82) is 0 Å². The van der Waals surface area contributed by atoms with Crippen LogP contribution in [0.15, 0.2) is 528 Å². The summed E-state index contributed by atoms with van der Waals surface area (Å²) in [5, 5.41) is 17.6. The van der Waals surface area contributed by atoms with E-state index in [0.29, 0.717) is 52.4 Å². The molecule has 1 aliphatic heterocycles. The second-order valence-electron chi connectivity index (χ2n) is 36.6. The SMILES string of the molecule is c1ccc(-c2ccc3c4ccc(-c5cccc(-c6nc(-c7ccccc7)nc(-c7ccccc7)n6)c5)cc4c4ccccc4c3c2)cc1.c1ccc(-c2nc(-c3ccccc3)nc(-c3ccc(N4c5ccccc5-c5ccccc5-c5cc6c7ccccc7n(-c7ccccc7)c6cc54)cc3)n2)cc1.c1ccc(-c2nc(-c3ccccc3)nc(-c3cccc(-c4ccc5c6ccccc6c6ccccc6c5c4)c3)n2)cc1. The van der Waals surface area contributed by atoms with Crippen LogP contribution in [-0.4, -0.2) is 49.4 Å². The third-order valence-corrected chi connectivity index (χ3v) is 27.8. The first-order valence-corrected chi connectivity index (χ1v) is 49.2. The van der Waals surface area contributed by atoms with Gasteiger partial charge in [-0.3, -0.25) is 0 Å². The smallest absolute Gasteiger partial charge is 0.164 e. The number of hydrogen-bond donors (Lipinski definition) is 0. The Hall–Kier alpha value is -19.8. The maximum atomic E-state index is 5.01. The zero-order valence-electron chi connectivity index (χ0n) is 79.1. The summed E-state index contributed by atoms with van der Waals surface area (Å²) in [5.41, 5.74) is 27.0. The second-order valence-corrected chi connectivity index (χ2v) is 36.6. The number of hydrogen-bond acceptors (Lipinski definition) is 10. The molecule has 0 saturated heterocycles. The van der Waals surface area contributed by atoms with E-state index in [1.54, 1.807) is 0 Å². The first kappa shape index (κ1) is 86.6. The predicted molar refractivity (Wildman–Crippen MR) is 603 cm³/mol. The third-order valence-electron chi connectivity index (χ3n) is 27.8. The van der Waals surface area contributed by atoms with Gasteiger partial charge in [0.15, 0.2) is 52.4 Å². The minimum atomic E-state index is 0.627. The Balaban J connectivity index is 0.000000112. The summed E-state index contributed by atoms with van der Waals surface area (Å²) < 4.78 is 2.39. The Labute approximate surface area is 843 Å². The zero-order valence-corrected chi connectivity index (χ0v) is 79.1. The summed E-state index contributed by atoms with van der Waals surface area (Å²) in [6, 6.07) is 185. The normalized spacial score (nSPS) is 11.5. The van der Waals surface area contributed by atoms with E-state index in [9.17, 15) is 0 Å². The molecule has 0 atom stereocenters. The van der Waals surface area contributed by atoms with Gasteiger partial charge in [-0.05, 0) is 200 Å². The second kappa shape index (κ2) is 37.8. The number of benzene rings is 23. The summed E-state index contributed by atoms with van der Waals surface area (Å²) in [4.78, 5) is 46.9. The van der Waals surface area contributed by atoms with Gasteiger partial charge in [-0.1, -0.05) is 437 Å². The lowest BCUT2D eigenvalue weighted by Crippen LogP contribution is -2.11. The summed E-state index contributed by atoms with van der Waals surface area (Å²) >= 11 is 0. The Bertz CT molecular complexity index is 9430. The Kier molecular flexibility index (Phi) is 22.4. The standard InChI is InChI=1S/C51H33N5.C45H29N3.C39H25N3/c1-4-16-34(17-5-1)49-52-50(35-18-6-2-7-19-35)54-51(53-49)36-28-30-38(31-29-36)56-45-26-14-12-24-41(45)39-22-10-11-23-40(39)43-32-44-42-25-13-15-27-46(42)55(48(44)33-47(43)56)37-20-8-3-9-21-37;1-4-13-30(14-5-1)34-23-25-39-40-26-24-35(29-42(40)38-22-11-10-21-37(38)41(39)28-34)33-19-12-20-36(27-33)45-47-43(31-15-6-2-7-16-31)46-44(48-45)32-17-8-3-9-18-32;1-3-12-26(13-4-1)37-40-38(27-14-5-2-6-15-27)42-39(41-37)30-17-11-16-28(24-30)29-22-23-35-33-20-8-7-18-31(33)32-19-9-10-21-34(32)36(35)25-29/h1-33H;1-29H;1-25H. The van der Waals surface area contributed by atoms with Crippen molar-refractivity contribution in [3.63, 3.8) is 0 Å². The maximum Gasteiger partial charge on any atom is 0.164 e. The van der Waals surface area contributed by atoms with Crippen LogP contribution in [0, 0.1) is 0 Å². The number of aromatic nitrogens is 10. The molecule has 0 radical (unpaired) electrons. The highest BCUT2D eigenvalue weighted by atomic mass is 15.2. The van der Waals surface area contributed by atoms with Gasteiger partial charge in [0.05, 0.1) is 22.4 Å². The van der Waals surface area contributed by atoms with Crippen LogP contribution in [0.2, 0.25) is 0 Å². The van der Waals surface area contributed by atoms with E-state index in [2.05, 4.69) is 355 Å². The van der Waals surface area contributed by atoms with E-state index in [0.717, 1.165) is 101 Å². The topological polar surface area (TPSA) is 124 Å². The monoisotopic (exact) mass is 1860 g/mol. The number of anilines is 3. The van der Waals surface area contributed by atoms with Gasteiger partial charge in [0.1, 0.15) is 0 Å². The lowest BCUT2D eigenvalue weighted by atomic mass is 9.90. The van der Waals surface area contributed by atoms with Crippen molar-refractivity contribution < 1.29 is 0 Å². The van der Waals surface area contributed by atoms with Gasteiger partial charge in [0.25, 0.3) is 0 Å². The van der Waals surface area contributed by atoms with Crippen molar-refractivity contribution in [1.82, 2.24) is 49.4 Å². The molecule has 0 N–H and O–H groups in total. The minimum Gasteiger partial charge on any atom is -0.309 e. The van der Waals surface area contributed by atoms with Crippen molar-refractivity contribution in [3.05, 3.63) is 528 Å². The van der Waals surface area contributed by atoms with Crippen molar-refractivity contribution in [2.24, 2.45) is 0 Å². The Morgan fingerprint density at radius 2 is 0.370 bits per heavy atom. The summed E-state index contributed by atoms with van der Waals surface area (Å²) in [5.74, 6) is 5.85. The van der Waals surface area contributed by atoms with Gasteiger partial charge in [-0.2, -0.15) is 0 Å². The molecule has 0 bridgehead atoms. The van der Waals surface area contributed by atoms with Gasteiger partial charge >= 0.3 is 0 Å². The lowest BCUT2D eigenvalue weighted by molar-refractivity contribution is 1.07. The van der Waals surface area contributed by atoms with E-state index < -0.39 is 0 Å². The molecule has 146 heavy (non-hydrogen) atoms. The average Bonchev–Trinajstić information content (AvgIpc) is 1.55. The summed E-state index contributed by atoms with van der Waals surface area (Å²) in [6.45, 7) is 0. The fraction of sp³-hybridized carbons (Fsp3) is 0. The number of para-hydroxylation sites is 3. The average molecular weight is 1860 g/mol. The van der Waals surface area contributed by atoms with Crippen LogP contribution in [0.25, 0.3) is 250 Å². The molecule has 11 heteroatoms. The van der Waals surface area contributed by atoms with Crippen LogP contribution in [0.3, 0.4) is 0 Å². The Morgan fingerprint density at radius 3 is 0.747 bits per heavy atom. The van der Waals surface area contributed by atoms with Crippen LogP contribution >= 0.6 is 0 Å². The van der Waals surface area contributed by atoms with Crippen LogP contribution in [0.4, 0.5) is 17.1 Å². The van der Waals surface area contributed by atoms with E-state index in [1.807, 2.05) is 182 Å². The number of nitrogens with zero attached hydrogens (tertiary/aromatic N) is 11. The molecule has 0 saturated carbocycles. The van der Waals surface area contributed by atoms with Gasteiger partial charge in [-0.25, -0.2) is 44.9 Å². The third kappa shape index (κ3) is 16.4. The number of fused-ring (bicyclic) bond motifs is 20. The first-order chi connectivity index (χ1) is 72.4. The summed E-state index contributed by atoms with van der Waals surface area (Å²) in [6.07, 6.45) is 0. The molecular formula is C135H87N11. The van der Waals surface area contributed by atoms with Crippen LogP contribution in [0.1, 0.15) is 0 Å². The highest BCUT2D eigenvalue weighted by Crippen LogP contribution is 2.54. The van der Waals surface area contributed by atoms with Gasteiger partial charge in [0.2, 0.25) is 0 Å². The molecule has 682 valence electrons. The summed E-state index contributed by atoms with van der Waals surface area (Å²) in [7, 11) is 0. The molecule has 0 amide bonds. The van der Waals surface area contributed by atoms with E-state index in [4.69, 9.17) is 44.9 Å². The molecule has 28 rings (SSSR count). The zero-order chi connectivity index (χ0) is 96.7. The fourth-order valence-electron chi connectivity index (χ4n) is 20.8. The van der Waals surface area contributed by atoms with Crippen LogP contribution in [0.5, 0.6) is 0 Å². The molecule has 0 spiro atoms. The lowest BCUT2D eigenvalue weighted by Gasteiger charge is -2.28. The molecule has 5 heterocycles. The molecule has 1 aliphatic rings. The molecule has 0 unspecified atom stereocenters. The van der Waals surface area contributed by atoms with Gasteiger partial charge in [0, 0.05) is 83.3 Å². The highest BCUT2D eigenvalue weighted by Gasteiger charge is 2.30. The van der Waals surface area contributed by atoms with E-state index >= 15 is 0 Å². The number of rotatable bonds is 14. The van der Waals surface area contributed by atoms with E-state index in [-0.39, 0.29) is 0 Å². The minimum absolute atomic E-state index is 0.627. The van der Waals surface area contributed by atoms with Crippen molar-refractivity contribution in [2.75, 3.05) is 4.90 Å².